The first-order chi connectivity index (χ1) is 7.20. The van der Waals surface area contributed by atoms with E-state index in [-0.39, 0.29) is 12.6 Å². The molecule has 0 aromatic heterocycles. The van der Waals surface area contributed by atoms with Gasteiger partial charge in [0.1, 0.15) is 6.29 Å². The third-order valence-corrected chi connectivity index (χ3v) is 2.62. The van der Waals surface area contributed by atoms with Crippen molar-refractivity contribution >= 4 is 18.1 Å². The second-order valence-corrected chi connectivity index (χ2v) is 3.54. The first kappa shape index (κ1) is 11.6. The van der Waals surface area contributed by atoms with Crippen LogP contribution in [-0.2, 0) is 14.4 Å². The molecule has 0 spiro atoms. The highest BCUT2D eigenvalue weighted by Crippen LogP contribution is 2.23. The Hall–Kier alpha value is -1.43. The van der Waals surface area contributed by atoms with E-state index in [0.717, 1.165) is 25.7 Å². The molecule has 0 saturated heterocycles. The van der Waals surface area contributed by atoms with Crippen molar-refractivity contribution in [2.24, 2.45) is 5.84 Å². The minimum atomic E-state index is -0.872. The van der Waals surface area contributed by atoms with Crippen molar-refractivity contribution in [1.29, 1.82) is 0 Å². The van der Waals surface area contributed by atoms with Crippen LogP contribution in [-0.4, -0.2) is 35.6 Å². The molecule has 0 bridgehead atoms. The predicted octanol–water partition coefficient (Wildman–Crippen LogP) is -1.05. The van der Waals surface area contributed by atoms with E-state index in [4.69, 9.17) is 5.84 Å². The number of carbonyl (C=O) groups excluding carboxylic acids is 3. The molecule has 1 aliphatic carbocycles. The van der Waals surface area contributed by atoms with Crippen LogP contribution in [0.5, 0.6) is 0 Å². The number of aldehydes is 1. The standard InChI is InChI=1S/C9H15N3O3/c10-11-8(14)9(15)12(5-6-13)7-3-1-2-4-7/h6-7H,1-5,10H2,(H,11,14). The summed E-state index contributed by atoms with van der Waals surface area (Å²) in [5, 5.41) is 0. The molecule has 6 heteroatoms. The van der Waals surface area contributed by atoms with Gasteiger partial charge in [0, 0.05) is 6.04 Å². The lowest BCUT2D eigenvalue weighted by molar-refractivity contribution is -0.147. The number of amides is 2. The smallest absolute Gasteiger partial charge is 0.323 e. The summed E-state index contributed by atoms with van der Waals surface area (Å²) in [6, 6.07) is -0.000000000000000222. The van der Waals surface area contributed by atoms with Gasteiger partial charge in [-0.3, -0.25) is 15.0 Å². The fourth-order valence-corrected chi connectivity index (χ4v) is 1.89. The van der Waals surface area contributed by atoms with E-state index < -0.39 is 11.8 Å². The Kier molecular flexibility index (Phi) is 4.23. The van der Waals surface area contributed by atoms with Gasteiger partial charge in [-0.15, -0.1) is 0 Å². The van der Waals surface area contributed by atoms with Crippen molar-refractivity contribution in [1.82, 2.24) is 10.3 Å². The largest absolute Gasteiger partial charge is 0.324 e. The second kappa shape index (κ2) is 5.45. The van der Waals surface area contributed by atoms with Gasteiger partial charge in [0.25, 0.3) is 0 Å². The molecule has 0 unspecified atom stereocenters. The molecule has 3 N–H and O–H groups in total. The van der Waals surface area contributed by atoms with E-state index in [0.29, 0.717) is 6.29 Å². The van der Waals surface area contributed by atoms with E-state index >= 15 is 0 Å². The number of nitrogens with one attached hydrogen (secondary N) is 1. The molecule has 0 aliphatic heterocycles. The molecule has 0 radical (unpaired) electrons. The summed E-state index contributed by atoms with van der Waals surface area (Å²) in [6.45, 7) is -0.0447. The average molecular weight is 213 g/mol. The van der Waals surface area contributed by atoms with Crippen LogP contribution in [0.25, 0.3) is 0 Å². The lowest BCUT2D eigenvalue weighted by Crippen LogP contribution is -2.49. The third kappa shape index (κ3) is 2.76. The van der Waals surface area contributed by atoms with Crippen LogP contribution in [0.2, 0.25) is 0 Å². The van der Waals surface area contributed by atoms with Crippen molar-refractivity contribution in [2.75, 3.05) is 6.54 Å². The van der Waals surface area contributed by atoms with E-state index in [2.05, 4.69) is 0 Å². The Balaban J connectivity index is 2.67. The highest BCUT2D eigenvalue weighted by atomic mass is 16.2. The molecule has 0 aromatic rings. The van der Waals surface area contributed by atoms with E-state index in [1.54, 1.807) is 5.43 Å². The molecule has 1 aliphatic rings. The van der Waals surface area contributed by atoms with Crippen molar-refractivity contribution in [3.8, 4) is 0 Å². The second-order valence-electron chi connectivity index (χ2n) is 3.54. The first-order valence-electron chi connectivity index (χ1n) is 4.96. The Morgan fingerprint density at radius 2 is 2.00 bits per heavy atom. The van der Waals surface area contributed by atoms with Gasteiger partial charge in [-0.1, -0.05) is 12.8 Å². The van der Waals surface area contributed by atoms with Crippen molar-refractivity contribution in [2.45, 2.75) is 31.7 Å². The van der Waals surface area contributed by atoms with Gasteiger partial charge in [-0.05, 0) is 12.8 Å². The van der Waals surface area contributed by atoms with Gasteiger partial charge in [-0.25, -0.2) is 5.84 Å². The number of nitrogens with zero attached hydrogens (tertiary/aromatic N) is 1. The third-order valence-electron chi connectivity index (χ3n) is 2.62. The lowest BCUT2D eigenvalue weighted by atomic mass is 10.2. The fourth-order valence-electron chi connectivity index (χ4n) is 1.89. The maximum Gasteiger partial charge on any atom is 0.323 e. The number of hydrazine groups is 1. The van der Waals surface area contributed by atoms with Gasteiger partial charge in [-0.2, -0.15) is 0 Å². The number of nitrogens with two attached hydrogens (primary N) is 1. The monoisotopic (exact) mass is 213 g/mol. The summed E-state index contributed by atoms with van der Waals surface area (Å²) in [5.74, 6) is 3.27. The van der Waals surface area contributed by atoms with Crippen LogP contribution in [0.1, 0.15) is 25.7 Å². The highest BCUT2D eigenvalue weighted by molar-refractivity contribution is 6.35. The topological polar surface area (TPSA) is 92.5 Å². The number of rotatable bonds is 3. The zero-order valence-corrected chi connectivity index (χ0v) is 8.44. The molecule has 84 valence electrons. The van der Waals surface area contributed by atoms with Crippen molar-refractivity contribution in [3.05, 3.63) is 0 Å². The maximum absolute atomic E-state index is 11.5. The lowest BCUT2D eigenvalue weighted by Gasteiger charge is -2.25. The molecule has 0 atom stereocenters. The SMILES string of the molecule is NNC(=O)C(=O)N(CC=O)C1CCCC1. The average Bonchev–Trinajstić information content (AvgIpc) is 2.77. The van der Waals surface area contributed by atoms with Crippen molar-refractivity contribution in [3.63, 3.8) is 0 Å². The predicted molar refractivity (Wildman–Crippen MR) is 52.4 cm³/mol. The molecular formula is C9H15N3O3. The summed E-state index contributed by atoms with van der Waals surface area (Å²) < 4.78 is 0. The van der Waals surface area contributed by atoms with E-state index in [1.807, 2.05) is 0 Å². The molecule has 1 saturated carbocycles. The van der Waals surface area contributed by atoms with E-state index in [9.17, 15) is 14.4 Å². The normalized spacial score (nSPS) is 16.1. The van der Waals surface area contributed by atoms with E-state index in [1.165, 1.54) is 4.90 Å². The van der Waals surface area contributed by atoms with Crippen LogP contribution >= 0.6 is 0 Å². The first-order valence-corrected chi connectivity index (χ1v) is 4.96. The van der Waals surface area contributed by atoms with Crippen LogP contribution < -0.4 is 11.3 Å². The van der Waals surface area contributed by atoms with Gasteiger partial charge in [0.15, 0.2) is 0 Å². The molecule has 15 heavy (non-hydrogen) atoms. The van der Waals surface area contributed by atoms with Gasteiger partial charge in [0.2, 0.25) is 0 Å². The molecule has 2 amide bonds. The summed E-state index contributed by atoms with van der Waals surface area (Å²) in [4.78, 5) is 34.3. The zero-order valence-electron chi connectivity index (χ0n) is 8.44. The summed E-state index contributed by atoms with van der Waals surface area (Å²) in [6.07, 6.45) is 4.37. The molecule has 6 nitrogen and oxygen atoms in total. The number of carbonyl (C=O) groups is 3. The summed E-state index contributed by atoms with van der Waals surface area (Å²) in [5.41, 5.74) is 1.78. The molecule has 1 rings (SSSR count). The van der Waals surface area contributed by atoms with Gasteiger partial charge < -0.3 is 9.69 Å². The minimum Gasteiger partial charge on any atom is -0.324 e. The summed E-state index contributed by atoms with van der Waals surface area (Å²) >= 11 is 0. The fraction of sp³-hybridized carbons (Fsp3) is 0.667. The van der Waals surface area contributed by atoms with Gasteiger partial charge >= 0.3 is 11.8 Å². The Labute approximate surface area is 87.8 Å². The molecule has 0 aromatic carbocycles. The zero-order chi connectivity index (χ0) is 11.3. The summed E-state index contributed by atoms with van der Waals surface area (Å²) in [7, 11) is 0. The number of hydrogen-bond donors (Lipinski definition) is 2. The quantitative estimate of drug-likeness (QED) is 0.206. The van der Waals surface area contributed by atoms with Gasteiger partial charge in [0.05, 0.1) is 6.54 Å². The minimum absolute atomic E-state index is 0.000000000000000222. The highest BCUT2D eigenvalue weighted by Gasteiger charge is 2.29. The van der Waals surface area contributed by atoms with Crippen LogP contribution in [0, 0.1) is 0 Å². The molecule has 1 fully saturated rings. The number of hydrogen-bond acceptors (Lipinski definition) is 4. The Bertz CT molecular complexity index is 261. The molecule has 0 heterocycles. The van der Waals surface area contributed by atoms with Crippen LogP contribution in [0.4, 0.5) is 0 Å². The maximum atomic E-state index is 11.5. The van der Waals surface area contributed by atoms with Crippen molar-refractivity contribution < 1.29 is 14.4 Å². The Morgan fingerprint density at radius 3 is 2.47 bits per heavy atom. The molecular weight excluding hydrogens is 198 g/mol. The van der Waals surface area contributed by atoms with Crippen LogP contribution in [0.3, 0.4) is 0 Å². The van der Waals surface area contributed by atoms with Crippen LogP contribution in [0.15, 0.2) is 0 Å². The Morgan fingerprint density at radius 1 is 1.40 bits per heavy atom.